The van der Waals surface area contributed by atoms with Crippen molar-refractivity contribution in [1.82, 2.24) is 9.21 Å². The zero-order valence-electron chi connectivity index (χ0n) is 15.6. The number of amides is 2. The Labute approximate surface area is 173 Å². The van der Waals surface area contributed by atoms with E-state index in [1.807, 2.05) is 0 Å². The number of anilines is 1. The van der Waals surface area contributed by atoms with Gasteiger partial charge in [-0.25, -0.2) is 12.8 Å². The Balaban J connectivity index is 1.67. The van der Waals surface area contributed by atoms with Crippen molar-refractivity contribution < 1.29 is 22.4 Å². The lowest BCUT2D eigenvalue weighted by atomic mass is 10.2. The smallest absolute Gasteiger partial charge is 0.255 e. The lowest BCUT2D eigenvalue weighted by Gasteiger charge is -2.34. The molecule has 0 aromatic heterocycles. The number of halogens is 2. The summed E-state index contributed by atoms with van der Waals surface area (Å²) in [5.74, 6) is -1.15. The summed E-state index contributed by atoms with van der Waals surface area (Å²) in [6.07, 6.45) is 0. The van der Waals surface area contributed by atoms with E-state index < -0.39 is 15.8 Å². The molecule has 10 heteroatoms. The van der Waals surface area contributed by atoms with Crippen LogP contribution >= 0.6 is 11.6 Å². The minimum Gasteiger partial charge on any atom is -0.336 e. The standard InChI is InChI=1S/C19H19ClFN3O4S/c1-13(25)22-15-3-5-16(6-4-15)29(27,28)24-10-8-23(9-11-24)19(26)17-7-2-14(21)12-18(17)20/h2-7,12H,8-11H2,1H3,(H,22,25). The van der Waals surface area contributed by atoms with Crippen LogP contribution in [0.5, 0.6) is 0 Å². The van der Waals surface area contributed by atoms with E-state index in [9.17, 15) is 22.4 Å². The zero-order valence-corrected chi connectivity index (χ0v) is 17.1. The van der Waals surface area contributed by atoms with E-state index in [-0.39, 0.29) is 53.5 Å². The molecule has 1 heterocycles. The molecular formula is C19H19ClFN3O4S. The Morgan fingerprint density at radius 1 is 1.03 bits per heavy atom. The van der Waals surface area contributed by atoms with Gasteiger partial charge < -0.3 is 10.2 Å². The van der Waals surface area contributed by atoms with Crippen LogP contribution in [0.4, 0.5) is 10.1 Å². The molecule has 0 atom stereocenters. The zero-order chi connectivity index (χ0) is 21.2. The average Bonchev–Trinajstić information content (AvgIpc) is 2.67. The number of benzene rings is 2. The van der Waals surface area contributed by atoms with Crippen LogP contribution in [0.25, 0.3) is 0 Å². The van der Waals surface area contributed by atoms with Crippen LogP contribution in [0.3, 0.4) is 0 Å². The maximum absolute atomic E-state index is 13.2. The Morgan fingerprint density at radius 2 is 1.66 bits per heavy atom. The number of hydrogen-bond donors (Lipinski definition) is 1. The van der Waals surface area contributed by atoms with E-state index in [0.29, 0.717) is 5.69 Å². The van der Waals surface area contributed by atoms with Crippen molar-refractivity contribution in [2.75, 3.05) is 31.5 Å². The monoisotopic (exact) mass is 439 g/mol. The quantitative estimate of drug-likeness (QED) is 0.793. The molecule has 0 aliphatic carbocycles. The minimum atomic E-state index is -3.73. The summed E-state index contributed by atoms with van der Waals surface area (Å²) in [6.45, 7) is 2.00. The number of nitrogens with one attached hydrogen (secondary N) is 1. The highest BCUT2D eigenvalue weighted by Gasteiger charge is 2.31. The second kappa shape index (κ2) is 8.48. The molecule has 154 valence electrons. The molecule has 2 amide bonds. The second-order valence-corrected chi connectivity index (χ2v) is 8.87. The molecule has 0 spiro atoms. The highest BCUT2D eigenvalue weighted by atomic mass is 35.5. The average molecular weight is 440 g/mol. The van der Waals surface area contributed by atoms with Crippen molar-refractivity contribution >= 4 is 39.1 Å². The summed E-state index contributed by atoms with van der Waals surface area (Å²) < 4.78 is 40.1. The molecule has 2 aromatic carbocycles. The number of piperazine rings is 1. The van der Waals surface area contributed by atoms with E-state index in [2.05, 4.69) is 5.32 Å². The van der Waals surface area contributed by atoms with Crippen molar-refractivity contribution in [3.8, 4) is 0 Å². The summed E-state index contributed by atoms with van der Waals surface area (Å²) in [7, 11) is -3.73. The molecule has 1 aliphatic rings. The normalized spacial score (nSPS) is 15.2. The predicted molar refractivity (Wildman–Crippen MR) is 107 cm³/mol. The van der Waals surface area contributed by atoms with Crippen LogP contribution in [0, 0.1) is 5.82 Å². The Hall–Kier alpha value is -2.49. The molecule has 1 N–H and O–H groups in total. The number of hydrogen-bond acceptors (Lipinski definition) is 4. The van der Waals surface area contributed by atoms with Crippen molar-refractivity contribution in [3.63, 3.8) is 0 Å². The summed E-state index contributed by atoms with van der Waals surface area (Å²) in [6, 6.07) is 9.44. The number of carbonyl (C=O) groups is 2. The third-order valence-electron chi connectivity index (χ3n) is 4.50. The second-order valence-electron chi connectivity index (χ2n) is 6.53. The number of nitrogens with zero attached hydrogens (tertiary/aromatic N) is 2. The van der Waals surface area contributed by atoms with Gasteiger partial charge in [0.25, 0.3) is 5.91 Å². The largest absolute Gasteiger partial charge is 0.336 e. The molecule has 1 saturated heterocycles. The molecule has 1 aliphatic heterocycles. The van der Waals surface area contributed by atoms with Crippen LogP contribution < -0.4 is 5.32 Å². The SMILES string of the molecule is CC(=O)Nc1ccc(S(=O)(=O)N2CCN(C(=O)c3ccc(F)cc3Cl)CC2)cc1. The van der Waals surface area contributed by atoms with E-state index in [1.54, 1.807) is 0 Å². The van der Waals surface area contributed by atoms with Gasteiger partial charge in [0, 0.05) is 38.8 Å². The Bertz CT molecular complexity index is 1040. The first-order chi connectivity index (χ1) is 13.7. The van der Waals surface area contributed by atoms with Crippen molar-refractivity contribution in [1.29, 1.82) is 0 Å². The van der Waals surface area contributed by atoms with Gasteiger partial charge in [-0.3, -0.25) is 9.59 Å². The van der Waals surface area contributed by atoms with Gasteiger partial charge in [0.1, 0.15) is 5.82 Å². The molecular weight excluding hydrogens is 421 g/mol. The summed E-state index contributed by atoms with van der Waals surface area (Å²) in [5, 5.41) is 2.60. The van der Waals surface area contributed by atoms with Gasteiger partial charge in [0.05, 0.1) is 15.5 Å². The maximum atomic E-state index is 13.2. The fourth-order valence-corrected chi connectivity index (χ4v) is 4.70. The van der Waals surface area contributed by atoms with E-state index in [4.69, 9.17) is 11.6 Å². The first-order valence-corrected chi connectivity index (χ1v) is 10.6. The fourth-order valence-electron chi connectivity index (χ4n) is 3.03. The van der Waals surface area contributed by atoms with Gasteiger partial charge in [-0.15, -0.1) is 0 Å². The van der Waals surface area contributed by atoms with Crippen LogP contribution in [0.2, 0.25) is 5.02 Å². The molecule has 3 rings (SSSR count). The minimum absolute atomic E-state index is 0.0179. The number of carbonyl (C=O) groups excluding carboxylic acids is 2. The van der Waals surface area contributed by atoms with E-state index >= 15 is 0 Å². The summed E-state index contributed by atoms with van der Waals surface area (Å²) in [4.78, 5) is 25.3. The van der Waals surface area contributed by atoms with Crippen molar-refractivity contribution in [2.45, 2.75) is 11.8 Å². The molecule has 29 heavy (non-hydrogen) atoms. The lowest BCUT2D eigenvalue weighted by molar-refractivity contribution is -0.114. The topological polar surface area (TPSA) is 86.8 Å². The van der Waals surface area contributed by atoms with Crippen LogP contribution in [-0.4, -0.2) is 55.6 Å². The van der Waals surface area contributed by atoms with Crippen molar-refractivity contribution in [2.24, 2.45) is 0 Å². The first-order valence-electron chi connectivity index (χ1n) is 8.80. The van der Waals surface area contributed by atoms with Crippen LogP contribution in [0.15, 0.2) is 47.4 Å². The van der Waals surface area contributed by atoms with Gasteiger partial charge in [-0.05, 0) is 42.5 Å². The van der Waals surface area contributed by atoms with Crippen LogP contribution in [0.1, 0.15) is 17.3 Å². The fraction of sp³-hybridized carbons (Fsp3) is 0.263. The highest BCUT2D eigenvalue weighted by molar-refractivity contribution is 7.89. The molecule has 2 aromatic rings. The van der Waals surface area contributed by atoms with Gasteiger partial charge in [0.15, 0.2) is 0 Å². The maximum Gasteiger partial charge on any atom is 0.255 e. The Kier molecular flexibility index (Phi) is 6.21. The molecule has 0 bridgehead atoms. The number of rotatable bonds is 4. The lowest BCUT2D eigenvalue weighted by Crippen LogP contribution is -2.50. The molecule has 0 radical (unpaired) electrons. The van der Waals surface area contributed by atoms with Crippen LogP contribution in [-0.2, 0) is 14.8 Å². The van der Waals surface area contributed by atoms with Gasteiger partial charge in [0.2, 0.25) is 15.9 Å². The molecule has 0 unspecified atom stereocenters. The Morgan fingerprint density at radius 3 is 2.21 bits per heavy atom. The number of sulfonamides is 1. The van der Waals surface area contributed by atoms with E-state index in [1.165, 1.54) is 46.5 Å². The highest BCUT2D eigenvalue weighted by Crippen LogP contribution is 2.23. The summed E-state index contributed by atoms with van der Waals surface area (Å²) >= 11 is 5.95. The van der Waals surface area contributed by atoms with Gasteiger partial charge in [-0.1, -0.05) is 11.6 Å². The third-order valence-corrected chi connectivity index (χ3v) is 6.73. The molecule has 0 saturated carbocycles. The first kappa shape index (κ1) is 21.2. The van der Waals surface area contributed by atoms with E-state index in [0.717, 1.165) is 12.1 Å². The predicted octanol–water partition coefficient (Wildman–Crippen LogP) is 2.58. The van der Waals surface area contributed by atoms with Gasteiger partial charge >= 0.3 is 0 Å². The third kappa shape index (κ3) is 4.75. The van der Waals surface area contributed by atoms with Gasteiger partial charge in [-0.2, -0.15) is 4.31 Å². The summed E-state index contributed by atoms with van der Waals surface area (Å²) in [5.41, 5.74) is 0.681. The van der Waals surface area contributed by atoms with Crippen molar-refractivity contribution in [3.05, 3.63) is 58.9 Å². The molecule has 7 nitrogen and oxygen atoms in total. The molecule has 1 fully saturated rings.